The molecule has 0 saturated carbocycles. The average Bonchev–Trinajstić information content (AvgIpc) is 2.08. The minimum absolute atomic E-state index is 0.134. The summed E-state index contributed by atoms with van der Waals surface area (Å²) >= 11 is 5.66. The van der Waals surface area contributed by atoms with Gasteiger partial charge >= 0.3 is 0 Å². The van der Waals surface area contributed by atoms with Gasteiger partial charge < -0.3 is 5.73 Å². The van der Waals surface area contributed by atoms with Crippen LogP contribution in [0.1, 0.15) is 10.4 Å². The van der Waals surface area contributed by atoms with Gasteiger partial charge in [-0.1, -0.05) is 17.7 Å². The highest BCUT2D eigenvalue weighted by atomic mass is 35.5. The van der Waals surface area contributed by atoms with E-state index in [9.17, 15) is 9.59 Å². The number of aldehydes is 1. The van der Waals surface area contributed by atoms with Gasteiger partial charge in [0.1, 0.15) is 0 Å². The first-order valence-corrected chi connectivity index (χ1v) is 3.58. The molecule has 1 rings (SSSR count). The van der Waals surface area contributed by atoms with Gasteiger partial charge in [0.05, 0.1) is 10.7 Å². The highest BCUT2D eigenvalue weighted by Crippen LogP contribution is 2.22. The molecular weight excluding hydrogens is 178 g/mol. The lowest BCUT2D eigenvalue weighted by Gasteiger charge is -2.00. The lowest BCUT2D eigenvalue weighted by molar-refractivity contribution is -0.104. The van der Waals surface area contributed by atoms with Crippen LogP contribution in [0.3, 0.4) is 0 Å². The number of anilines is 1. The molecule has 4 heteroatoms. The summed E-state index contributed by atoms with van der Waals surface area (Å²) in [5, 5.41) is 0.134. The van der Waals surface area contributed by atoms with Crippen molar-refractivity contribution in [3.05, 3.63) is 28.8 Å². The van der Waals surface area contributed by atoms with Crippen molar-refractivity contribution in [3.63, 3.8) is 0 Å². The molecule has 0 heterocycles. The summed E-state index contributed by atoms with van der Waals surface area (Å²) in [4.78, 5) is 21.0. The van der Waals surface area contributed by atoms with E-state index in [0.29, 0.717) is 5.69 Å². The van der Waals surface area contributed by atoms with Crippen molar-refractivity contribution in [1.29, 1.82) is 0 Å². The Morgan fingerprint density at radius 2 is 2.17 bits per heavy atom. The molecule has 0 fully saturated rings. The van der Waals surface area contributed by atoms with E-state index in [1.165, 1.54) is 6.07 Å². The third kappa shape index (κ3) is 1.46. The van der Waals surface area contributed by atoms with Gasteiger partial charge in [0, 0.05) is 5.56 Å². The van der Waals surface area contributed by atoms with Crippen molar-refractivity contribution in [2.45, 2.75) is 0 Å². The fraction of sp³-hybridized carbons (Fsp3) is 0. The monoisotopic (exact) mass is 183 g/mol. The summed E-state index contributed by atoms with van der Waals surface area (Å²) in [5.74, 6) is -0.660. The second-order valence-electron chi connectivity index (χ2n) is 2.19. The quantitative estimate of drug-likeness (QED) is 0.326. The van der Waals surface area contributed by atoms with Gasteiger partial charge in [-0.25, -0.2) is 0 Å². The van der Waals surface area contributed by atoms with Gasteiger partial charge in [0.25, 0.3) is 0 Å². The molecule has 3 nitrogen and oxygen atoms in total. The van der Waals surface area contributed by atoms with Crippen LogP contribution in [0, 0.1) is 0 Å². The first-order valence-electron chi connectivity index (χ1n) is 3.20. The second kappa shape index (κ2) is 3.36. The first-order chi connectivity index (χ1) is 5.66. The summed E-state index contributed by atoms with van der Waals surface area (Å²) in [7, 11) is 0. The van der Waals surface area contributed by atoms with Crippen LogP contribution in [0.25, 0.3) is 0 Å². The van der Waals surface area contributed by atoms with E-state index in [1.54, 1.807) is 12.1 Å². The number of carbonyl (C=O) groups is 2. The van der Waals surface area contributed by atoms with Gasteiger partial charge in [0.15, 0.2) is 6.29 Å². The average molecular weight is 184 g/mol. The third-order valence-electron chi connectivity index (χ3n) is 1.40. The van der Waals surface area contributed by atoms with Crippen molar-refractivity contribution in [1.82, 2.24) is 0 Å². The van der Waals surface area contributed by atoms with Crippen LogP contribution in [-0.4, -0.2) is 12.1 Å². The molecular formula is C8H6ClNO2. The lowest BCUT2D eigenvalue weighted by Crippen LogP contribution is -2.02. The number of benzene rings is 1. The Bertz CT molecular complexity index is 336. The summed E-state index contributed by atoms with van der Waals surface area (Å²) < 4.78 is 0. The minimum atomic E-state index is -0.660. The second-order valence-corrected chi connectivity index (χ2v) is 2.57. The molecule has 0 atom stereocenters. The molecule has 0 aliphatic carbocycles. The molecule has 0 amide bonds. The van der Waals surface area contributed by atoms with Crippen LogP contribution in [0.5, 0.6) is 0 Å². The van der Waals surface area contributed by atoms with Crippen molar-refractivity contribution >= 4 is 29.4 Å². The topological polar surface area (TPSA) is 60.2 Å². The van der Waals surface area contributed by atoms with E-state index >= 15 is 0 Å². The van der Waals surface area contributed by atoms with E-state index in [0.717, 1.165) is 0 Å². The van der Waals surface area contributed by atoms with Crippen LogP contribution in [0.15, 0.2) is 18.2 Å². The predicted octanol–water partition coefficient (Wildman–Crippen LogP) is 1.30. The number of carbonyl (C=O) groups excluding carboxylic acids is 2. The Morgan fingerprint density at radius 1 is 1.50 bits per heavy atom. The zero-order valence-corrected chi connectivity index (χ0v) is 6.84. The Hall–Kier alpha value is -1.35. The maximum absolute atomic E-state index is 10.9. The van der Waals surface area contributed by atoms with Gasteiger partial charge in [-0.2, -0.15) is 0 Å². The molecule has 0 aliphatic heterocycles. The molecule has 0 saturated heterocycles. The molecule has 0 aliphatic rings. The SMILES string of the molecule is Nc1cccc(C(=O)C=O)c1Cl. The third-order valence-corrected chi connectivity index (χ3v) is 1.82. The Balaban J connectivity index is 3.25. The van der Waals surface area contributed by atoms with Crippen LogP contribution < -0.4 is 5.73 Å². The van der Waals surface area contributed by atoms with E-state index in [-0.39, 0.29) is 16.9 Å². The van der Waals surface area contributed by atoms with Crippen molar-refractivity contribution in [2.75, 3.05) is 5.73 Å². The standard InChI is InChI=1S/C8H6ClNO2/c9-8-5(7(12)4-11)2-1-3-6(8)10/h1-4H,10H2. The molecule has 62 valence electrons. The van der Waals surface area contributed by atoms with Crippen LogP contribution in [-0.2, 0) is 4.79 Å². The number of Topliss-reactive ketones (excluding diaryl/α,β-unsaturated/α-hetero) is 1. The fourth-order valence-corrected chi connectivity index (χ4v) is 1.02. The number of hydrogen-bond donors (Lipinski definition) is 1. The van der Waals surface area contributed by atoms with Crippen LogP contribution in [0.2, 0.25) is 5.02 Å². The molecule has 2 N–H and O–H groups in total. The van der Waals surface area contributed by atoms with E-state index in [2.05, 4.69) is 0 Å². The highest BCUT2D eigenvalue weighted by molar-refractivity contribution is 6.42. The van der Waals surface area contributed by atoms with E-state index < -0.39 is 5.78 Å². The Kier molecular flexibility index (Phi) is 2.45. The Morgan fingerprint density at radius 3 is 2.75 bits per heavy atom. The van der Waals surface area contributed by atoms with Crippen molar-refractivity contribution < 1.29 is 9.59 Å². The molecule has 0 spiro atoms. The molecule has 0 bridgehead atoms. The summed E-state index contributed by atoms with van der Waals surface area (Å²) in [6.07, 6.45) is 0.209. The molecule has 0 unspecified atom stereocenters. The van der Waals surface area contributed by atoms with Crippen LogP contribution >= 0.6 is 11.6 Å². The predicted molar refractivity (Wildman–Crippen MR) is 46.3 cm³/mol. The maximum Gasteiger partial charge on any atom is 0.226 e. The minimum Gasteiger partial charge on any atom is -0.398 e. The van der Waals surface area contributed by atoms with Gasteiger partial charge in [-0.05, 0) is 12.1 Å². The lowest BCUT2D eigenvalue weighted by atomic mass is 10.1. The maximum atomic E-state index is 10.9. The molecule has 12 heavy (non-hydrogen) atoms. The fourth-order valence-electron chi connectivity index (χ4n) is 0.804. The van der Waals surface area contributed by atoms with Gasteiger partial charge in [0.2, 0.25) is 5.78 Å². The molecule has 1 aromatic carbocycles. The highest BCUT2D eigenvalue weighted by Gasteiger charge is 2.09. The summed E-state index contributed by atoms with van der Waals surface area (Å²) in [6.45, 7) is 0. The number of nitrogens with two attached hydrogens (primary N) is 1. The zero-order valence-electron chi connectivity index (χ0n) is 6.08. The number of hydrogen-bond acceptors (Lipinski definition) is 3. The van der Waals surface area contributed by atoms with Gasteiger partial charge in [-0.3, -0.25) is 9.59 Å². The van der Waals surface area contributed by atoms with Crippen molar-refractivity contribution in [3.8, 4) is 0 Å². The molecule has 0 radical (unpaired) electrons. The molecule has 1 aromatic rings. The van der Waals surface area contributed by atoms with Crippen molar-refractivity contribution in [2.24, 2.45) is 0 Å². The first kappa shape index (κ1) is 8.74. The van der Waals surface area contributed by atoms with E-state index in [1.807, 2.05) is 0 Å². The Labute approximate surface area is 74.1 Å². The van der Waals surface area contributed by atoms with Gasteiger partial charge in [-0.15, -0.1) is 0 Å². The number of ketones is 1. The normalized spacial score (nSPS) is 9.42. The smallest absolute Gasteiger partial charge is 0.226 e. The number of rotatable bonds is 2. The van der Waals surface area contributed by atoms with E-state index in [4.69, 9.17) is 17.3 Å². The number of nitrogen functional groups attached to an aromatic ring is 1. The molecule has 0 aromatic heterocycles. The van der Waals surface area contributed by atoms with Crippen LogP contribution in [0.4, 0.5) is 5.69 Å². The largest absolute Gasteiger partial charge is 0.398 e. The summed E-state index contributed by atoms with van der Waals surface area (Å²) in [6, 6.07) is 4.58. The zero-order chi connectivity index (χ0) is 9.14. The summed E-state index contributed by atoms with van der Waals surface area (Å²) in [5.41, 5.74) is 5.85. The number of halogens is 1.